The van der Waals surface area contributed by atoms with Gasteiger partial charge in [-0.15, -0.1) is 0 Å². The summed E-state index contributed by atoms with van der Waals surface area (Å²) in [5.41, 5.74) is 4.47. The van der Waals surface area contributed by atoms with Gasteiger partial charge in [-0.1, -0.05) is 12.2 Å². The lowest BCUT2D eigenvalue weighted by Gasteiger charge is -2.22. The van der Waals surface area contributed by atoms with Crippen molar-refractivity contribution in [3.05, 3.63) is 53.8 Å². The smallest absolute Gasteiger partial charge is 0.162 e. The van der Waals surface area contributed by atoms with E-state index in [-0.39, 0.29) is 0 Å². The number of rotatable bonds is 2. The molecule has 3 aliphatic rings. The standard InChI is InChI=1S/C20H22N2O2/c1-22(2)16-5-3-4-14-6-8-17(21-18(14)13-16)15-7-9-19-20(12-15)24-11-10-23-19/h3,5,7-9,12-14H,4,6,10-11H2,1-2H3. The number of nitrogens with zero attached hydrogens (tertiary/aromatic N) is 2. The van der Waals surface area contributed by atoms with E-state index in [9.17, 15) is 0 Å². The van der Waals surface area contributed by atoms with Crippen LogP contribution in [0.25, 0.3) is 5.70 Å². The Morgan fingerprint density at radius 3 is 2.75 bits per heavy atom. The molecule has 0 radical (unpaired) electrons. The van der Waals surface area contributed by atoms with Crippen LogP contribution in [0.5, 0.6) is 11.5 Å². The molecule has 2 aliphatic heterocycles. The highest BCUT2D eigenvalue weighted by Gasteiger charge is 2.21. The number of benzene rings is 1. The number of hydrogen-bond donors (Lipinski definition) is 0. The van der Waals surface area contributed by atoms with Gasteiger partial charge in [-0.3, -0.25) is 4.99 Å². The average Bonchev–Trinajstić information content (AvgIpc) is 2.83. The molecule has 1 aromatic carbocycles. The fourth-order valence-corrected chi connectivity index (χ4v) is 3.23. The molecule has 0 N–H and O–H groups in total. The molecule has 1 aromatic rings. The summed E-state index contributed by atoms with van der Waals surface area (Å²) in [6.07, 6.45) is 10.9. The minimum Gasteiger partial charge on any atom is -0.486 e. The molecule has 1 atom stereocenters. The number of hydrogen-bond acceptors (Lipinski definition) is 4. The topological polar surface area (TPSA) is 34.1 Å². The summed E-state index contributed by atoms with van der Waals surface area (Å²) in [5.74, 6) is 2.11. The minimum atomic E-state index is 0.472. The molecule has 1 aliphatic carbocycles. The second-order valence-electron chi connectivity index (χ2n) is 6.52. The maximum Gasteiger partial charge on any atom is 0.162 e. The molecular weight excluding hydrogens is 300 g/mol. The van der Waals surface area contributed by atoms with E-state index in [1.165, 1.54) is 5.70 Å². The molecule has 24 heavy (non-hydrogen) atoms. The Bertz CT molecular complexity index is 772. The fraction of sp³-hybridized carbons (Fsp3) is 0.350. The molecule has 1 unspecified atom stereocenters. The van der Waals surface area contributed by atoms with Crippen molar-refractivity contribution in [1.82, 2.24) is 4.90 Å². The first-order valence-electron chi connectivity index (χ1n) is 8.45. The summed E-state index contributed by atoms with van der Waals surface area (Å²) in [4.78, 5) is 7.08. The highest BCUT2D eigenvalue weighted by atomic mass is 16.6. The number of ether oxygens (including phenoxy) is 2. The zero-order valence-corrected chi connectivity index (χ0v) is 14.2. The van der Waals surface area contributed by atoms with E-state index in [4.69, 9.17) is 14.5 Å². The first-order chi connectivity index (χ1) is 11.7. The van der Waals surface area contributed by atoms with Crippen molar-refractivity contribution < 1.29 is 9.47 Å². The Labute approximate surface area is 142 Å². The van der Waals surface area contributed by atoms with Crippen LogP contribution in [0.15, 0.2) is 53.2 Å². The fourth-order valence-electron chi connectivity index (χ4n) is 3.23. The number of allylic oxidation sites excluding steroid dienone is 4. The van der Waals surface area contributed by atoms with Gasteiger partial charge in [-0.2, -0.15) is 0 Å². The van der Waals surface area contributed by atoms with Crippen LogP contribution in [0.1, 0.15) is 18.4 Å². The molecule has 4 heteroatoms. The van der Waals surface area contributed by atoms with Crippen LogP contribution in [0.3, 0.4) is 0 Å². The molecule has 0 fully saturated rings. The predicted molar refractivity (Wildman–Crippen MR) is 96.5 cm³/mol. The van der Waals surface area contributed by atoms with Gasteiger partial charge in [0.2, 0.25) is 0 Å². The van der Waals surface area contributed by atoms with Crippen molar-refractivity contribution in [3.63, 3.8) is 0 Å². The van der Waals surface area contributed by atoms with Crippen LogP contribution >= 0.6 is 0 Å². The van der Waals surface area contributed by atoms with Crippen molar-refractivity contribution in [2.24, 2.45) is 10.9 Å². The van der Waals surface area contributed by atoms with E-state index >= 15 is 0 Å². The molecule has 0 saturated heterocycles. The Morgan fingerprint density at radius 2 is 1.92 bits per heavy atom. The molecule has 0 aromatic heterocycles. The van der Waals surface area contributed by atoms with Gasteiger partial charge in [-0.25, -0.2) is 0 Å². The van der Waals surface area contributed by atoms with Gasteiger partial charge in [0.15, 0.2) is 11.5 Å². The van der Waals surface area contributed by atoms with Crippen molar-refractivity contribution in [2.45, 2.75) is 12.8 Å². The monoisotopic (exact) mass is 322 g/mol. The van der Waals surface area contributed by atoms with Gasteiger partial charge in [0.25, 0.3) is 0 Å². The first kappa shape index (κ1) is 15.1. The van der Waals surface area contributed by atoms with Gasteiger partial charge < -0.3 is 14.4 Å². The van der Waals surface area contributed by atoms with Gasteiger partial charge in [0.05, 0.1) is 5.70 Å². The number of likely N-dealkylation sites (N-methyl/N-ethyl adjacent to an activating group) is 1. The molecule has 124 valence electrons. The van der Waals surface area contributed by atoms with Crippen LogP contribution < -0.4 is 9.47 Å². The zero-order chi connectivity index (χ0) is 16.5. The van der Waals surface area contributed by atoms with E-state index in [1.807, 2.05) is 12.1 Å². The maximum atomic E-state index is 5.70. The average molecular weight is 322 g/mol. The van der Waals surface area contributed by atoms with E-state index in [0.29, 0.717) is 19.1 Å². The third-order valence-corrected chi connectivity index (χ3v) is 4.62. The van der Waals surface area contributed by atoms with Crippen LogP contribution in [0.2, 0.25) is 0 Å². The highest BCUT2D eigenvalue weighted by Crippen LogP contribution is 2.35. The summed E-state index contributed by atoms with van der Waals surface area (Å²) < 4.78 is 11.3. The van der Waals surface area contributed by atoms with Crippen LogP contribution in [-0.2, 0) is 0 Å². The summed E-state index contributed by atoms with van der Waals surface area (Å²) in [5, 5.41) is 0. The Kier molecular flexibility index (Phi) is 3.89. The van der Waals surface area contributed by atoms with Crippen molar-refractivity contribution in [3.8, 4) is 11.5 Å². The molecule has 4 rings (SSSR count). The molecular formula is C20H22N2O2. The van der Waals surface area contributed by atoms with E-state index in [2.05, 4.69) is 49.4 Å². The summed E-state index contributed by atoms with van der Waals surface area (Å²) >= 11 is 0. The van der Waals surface area contributed by atoms with Crippen LogP contribution in [0, 0.1) is 5.92 Å². The summed E-state index contributed by atoms with van der Waals surface area (Å²) in [6, 6.07) is 6.08. The molecule has 0 amide bonds. The lowest BCUT2D eigenvalue weighted by Crippen LogP contribution is -2.17. The molecule has 0 bridgehead atoms. The second-order valence-corrected chi connectivity index (χ2v) is 6.52. The van der Waals surface area contributed by atoms with Crippen LogP contribution in [-0.4, -0.2) is 37.9 Å². The SMILES string of the molecule is CN(C)C1=CC2=NC(c3ccc4c(c3)OCCO4)=CCC2CC=C1. The predicted octanol–water partition coefficient (Wildman–Crippen LogP) is 3.67. The Morgan fingerprint density at radius 1 is 1.08 bits per heavy atom. The summed E-state index contributed by atoms with van der Waals surface area (Å²) in [6.45, 7) is 1.22. The number of aliphatic imine (C=N–C) groups is 1. The van der Waals surface area contributed by atoms with Gasteiger partial charge in [0.1, 0.15) is 13.2 Å². The van der Waals surface area contributed by atoms with Crippen molar-refractivity contribution >= 4 is 11.4 Å². The Balaban J connectivity index is 1.67. The van der Waals surface area contributed by atoms with Crippen molar-refractivity contribution in [1.29, 1.82) is 0 Å². The van der Waals surface area contributed by atoms with Gasteiger partial charge in [0, 0.05) is 37.0 Å². The zero-order valence-electron chi connectivity index (χ0n) is 14.2. The second kappa shape index (κ2) is 6.19. The quantitative estimate of drug-likeness (QED) is 0.833. The van der Waals surface area contributed by atoms with Gasteiger partial charge in [-0.05, 0) is 43.2 Å². The first-order valence-corrected chi connectivity index (χ1v) is 8.45. The third-order valence-electron chi connectivity index (χ3n) is 4.62. The number of fused-ring (bicyclic) bond motifs is 2. The lowest BCUT2D eigenvalue weighted by atomic mass is 9.92. The largest absolute Gasteiger partial charge is 0.486 e. The minimum absolute atomic E-state index is 0.472. The normalized spacial score (nSPS) is 21.9. The molecule has 0 saturated carbocycles. The van der Waals surface area contributed by atoms with Crippen LogP contribution in [0.4, 0.5) is 0 Å². The third kappa shape index (κ3) is 2.84. The molecule has 2 heterocycles. The lowest BCUT2D eigenvalue weighted by molar-refractivity contribution is 0.171. The van der Waals surface area contributed by atoms with Gasteiger partial charge >= 0.3 is 0 Å². The van der Waals surface area contributed by atoms with E-state index < -0.39 is 0 Å². The van der Waals surface area contributed by atoms with Crippen molar-refractivity contribution in [2.75, 3.05) is 27.3 Å². The van der Waals surface area contributed by atoms with E-state index in [0.717, 1.165) is 41.3 Å². The maximum absolute atomic E-state index is 5.70. The molecule has 4 nitrogen and oxygen atoms in total. The summed E-state index contributed by atoms with van der Waals surface area (Å²) in [7, 11) is 4.13. The Hall–Kier alpha value is -2.49. The van der Waals surface area contributed by atoms with E-state index in [1.54, 1.807) is 0 Å². The highest BCUT2D eigenvalue weighted by molar-refractivity contribution is 6.02. The molecule has 0 spiro atoms.